The first-order valence-electron chi connectivity index (χ1n) is 10.8. The van der Waals surface area contributed by atoms with Crippen molar-refractivity contribution in [2.75, 3.05) is 19.7 Å². The molecular formula is C24H27ClN2O6. The van der Waals surface area contributed by atoms with Crippen LogP contribution in [0.15, 0.2) is 48.5 Å². The quantitative estimate of drug-likeness (QED) is 0.480. The lowest BCUT2D eigenvalue weighted by molar-refractivity contribution is -0.139. The number of amides is 2. The van der Waals surface area contributed by atoms with Gasteiger partial charge in [0.2, 0.25) is 0 Å². The number of nitrogens with one attached hydrogen (secondary N) is 1. The summed E-state index contributed by atoms with van der Waals surface area (Å²) in [4.78, 5) is 38.4. The molecule has 176 valence electrons. The van der Waals surface area contributed by atoms with E-state index in [4.69, 9.17) is 25.8 Å². The summed E-state index contributed by atoms with van der Waals surface area (Å²) in [7, 11) is 0. The van der Waals surface area contributed by atoms with Gasteiger partial charge in [-0.05, 0) is 75.2 Å². The summed E-state index contributed by atoms with van der Waals surface area (Å²) in [5.41, 5.74) is 0.453. The Morgan fingerprint density at radius 3 is 2.24 bits per heavy atom. The minimum Gasteiger partial charge on any atom is -0.481 e. The summed E-state index contributed by atoms with van der Waals surface area (Å²) in [5.74, 6) is 0.571. The van der Waals surface area contributed by atoms with Gasteiger partial charge in [0.15, 0.2) is 6.10 Å². The van der Waals surface area contributed by atoms with Gasteiger partial charge in [-0.25, -0.2) is 4.79 Å². The molecule has 2 aromatic rings. The first kappa shape index (κ1) is 24.4. The van der Waals surface area contributed by atoms with Crippen LogP contribution in [0.4, 0.5) is 4.79 Å². The van der Waals surface area contributed by atoms with E-state index in [-0.39, 0.29) is 24.5 Å². The zero-order valence-electron chi connectivity index (χ0n) is 18.6. The van der Waals surface area contributed by atoms with Gasteiger partial charge in [-0.2, -0.15) is 0 Å². The molecular weight excluding hydrogens is 448 g/mol. The van der Waals surface area contributed by atoms with Crippen molar-refractivity contribution in [3.05, 3.63) is 59.1 Å². The van der Waals surface area contributed by atoms with Crippen molar-refractivity contribution in [2.24, 2.45) is 0 Å². The molecule has 1 unspecified atom stereocenters. The number of hydrogen-bond acceptors (Lipinski definition) is 6. The second kappa shape index (κ2) is 11.6. The van der Waals surface area contributed by atoms with E-state index in [1.165, 1.54) is 12.1 Å². The average Bonchev–Trinajstić information content (AvgIpc) is 2.81. The van der Waals surface area contributed by atoms with Crippen LogP contribution in [0, 0.1) is 0 Å². The third-order valence-corrected chi connectivity index (χ3v) is 5.45. The van der Waals surface area contributed by atoms with E-state index in [0.717, 1.165) is 0 Å². The molecule has 3 rings (SSSR count). The molecule has 2 aromatic carbocycles. The molecule has 9 heteroatoms. The van der Waals surface area contributed by atoms with Crippen molar-refractivity contribution >= 4 is 29.6 Å². The number of likely N-dealkylation sites (tertiary alicyclic amines) is 1. The average molecular weight is 475 g/mol. The molecule has 1 N–H and O–H groups in total. The van der Waals surface area contributed by atoms with Gasteiger partial charge in [-0.3, -0.25) is 9.59 Å². The summed E-state index contributed by atoms with van der Waals surface area (Å²) in [6.45, 7) is 4.69. The third-order valence-electron chi connectivity index (χ3n) is 5.20. The summed E-state index contributed by atoms with van der Waals surface area (Å²) in [6, 6.07) is 13.1. The molecule has 1 saturated heterocycles. The second-order valence-electron chi connectivity index (χ2n) is 7.60. The molecule has 2 amide bonds. The molecule has 0 aliphatic carbocycles. The summed E-state index contributed by atoms with van der Waals surface area (Å²) < 4.78 is 15.4. The Hall–Kier alpha value is -3.26. The number of halogens is 1. The summed E-state index contributed by atoms with van der Waals surface area (Å²) >= 11 is 5.87. The fourth-order valence-electron chi connectivity index (χ4n) is 3.46. The van der Waals surface area contributed by atoms with Crippen LogP contribution in [-0.4, -0.2) is 54.7 Å². The van der Waals surface area contributed by atoms with Gasteiger partial charge in [0.1, 0.15) is 11.5 Å². The number of benzene rings is 2. The highest BCUT2D eigenvalue weighted by molar-refractivity contribution is 6.30. The first-order valence-corrected chi connectivity index (χ1v) is 11.2. The molecule has 0 radical (unpaired) electrons. The highest BCUT2D eigenvalue weighted by Crippen LogP contribution is 2.19. The SMILES string of the molecule is CCOC(=O)Oc1ccc(C(=O)NC2CCN(C(=O)C(C)Oc3ccc(Cl)cc3)CC2)cc1. The van der Waals surface area contributed by atoms with E-state index >= 15 is 0 Å². The minimum absolute atomic E-state index is 0.0375. The van der Waals surface area contributed by atoms with Crippen LogP contribution in [0.2, 0.25) is 5.02 Å². The number of carbonyl (C=O) groups excluding carboxylic acids is 3. The summed E-state index contributed by atoms with van der Waals surface area (Å²) in [5, 5.41) is 3.60. The van der Waals surface area contributed by atoms with E-state index in [0.29, 0.717) is 48.0 Å². The van der Waals surface area contributed by atoms with Crippen LogP contribution in [-0.2, 0) is 9.53 Å². The third kappa shape index (κ3) is 7.12. The topological polar surface area (TPSA) is 94.2 Å². The molecule has 33 heavy (non-hydrogen) atoms. The first-order chi connectivity index (χ1) is 15.9. The Bertz CT molecular complexity index is 956. The zero-order chi connectivity index (χ0) is 23.8. The highest BCUT2D eigenvalue weighted by Gasteiger charge is 2.28. The Kier molecular flexibility index (Phi) is 8.54. The molecule has 1 aliphatic rings. The molecule has 1 atom stereocenters. The monoisotopic (exact) mass is 474 g/mol. The van der Waals surface area contributed by atoms with Crippen molar-refractivity contribution in [1.29, 1.82) is 0 Å². The molecule has 0 bridgehead atoms. The number of ether oxygens (including phenoxy) is 3. The van der Waals surface area contributed by atoms with Crippen LogP contribution >= 0.6 is 11.6 Å². The molecule has 8 nitrogen and oxygen atoms in total. The number of carbonyl (C=O) groups is 3. The molecule has 0 aromatic heterocycles. The van der Waals surface area contributed by atoms with Gasteiger partial charge in [0.25, 0.3) is 11.8 Å². The maximum absolute atomic E-state index is 12.7. The molecule has 1 fully saturated rings. The zero-order valence-corrected chi connectivity index (χ0v) is 19.3. The van der Waals surface area contributed by atoms with Gasteiger partial charge < -0.3 is 24.4 Å². The standard InChI is InChI=1S/C24H27ClN2O6/c1-3-31-24(30)33-21-8-4-17(5-9-21)22(28)26-19-12-14-27(15-13-19)23(29)16(2)32-20-10-6-18(25)7-11-20/h4-11,16,19H,3,12-15H2,1-2H3,(H,26,28). The lowest BCUT2D eigenvalue weighted by Crippen LogP contribution is -2.49. The molecule has 0 saturated carbocycles. The highest BCUT2D eigenvalue weighted by atomic mass is 35.5. The fourth-order valence-corrected chi connectivity index (χ4v) is 3.58. The predicted octanol–water partition coefficient (Wildman–Crippen LogP) is 4.06. The van der Waals surface area contributed by atoms with Crippen LogP contribution in [0.1, 0.15) is 37.0 Å². The number of hydrogen-bond donors (Lipinski definition) is 1. The molecule has 1 heterocycles. The van der Waals surface area contributed by atoms with Crippen LogP contribution < -0.4 is 14.8 Å². The minimum atomic E-state index is -0.788. The van der Waals surface area contributed by atoms with Crippen molar-refractivity contribution in [1.82, 2.24) is 10.2 Å². The Morgan fingerprint density at radius 1 is 1.03 bits per heavy atom. The number of piperidine rings is 1. The van der Waals surface area contributed by atoms with Crippen molar-refractivity contribution < 1.29 is 28.6 Å². The molecule has 1 aliphatic heterocycles. The van der Waals surface area contributed by atoms with Gasteiger partial charge in [0.05, 0.1) is 6.61 Å². The van der Waals surface area contributed by atoms with E-state index in [2.05, 4.69) is 5.32 Å². The second-order valence-corrected chi connectivity index (χ2v) is 8.03. The van der Waals surface area contributed by atoms with E-state index in [9.17, 15) is 14.4 Å². The van der Waals surface area contributed by atoms with Crippen molar-refractivity contribution in [3.8, 4) is 11.5 Å². The van der Waals surface area contributed by atoms with Crippen LogP contribution in [0.3, 0.4) is 0 Å². The van der Waals surface area contributed by atoms with Crippen LogP contribution in [0.5, 0.6) is 11.5 Å². The van der Waals surface area contributed by atoms with Crippen molar-refractivity contribution in [3.63, 3.8) is 0 Å². The van der Waals surface area contributed by atoms with Gasteiger partial charge in [-0.15, -0.1) is 0 Å². The molecule has 0 spiro atoms. The lowest BCUT2D eigenvalue weighted by Gasteiger charge is -2.33. The van der Waals surface area contributed by atoms with Crippen molar-refractivity contribution in [2.45, 2.75) is 38.8 Å². The lowest BCUT2D eigenvalue weighted by atomic mass is 10.0. The maximum Gasteiger partial charge on any atom is 0.513 e. The van der Waals surface area contributed by atoms with E-state index in [1.54, 1.807) is 55.1 Å². The Labute approximate surface area is 197 Å². The smallest absolute Gasteiger partial charge is 0.481 e. The van der Waals surface area contributed by atoms with Crippen LogP contribution in [0.25, 0.3) is 0 Å². The predicted molar refractivity (Wildman–Crippen MR) is 123 cm³/mol. The Balaban J connectivity index is 1.44. The maximum atomic E-state index is 12.7. The number of rotatable bonds is 7. The fraction of sp³-hybridized carbons (Fsp3) is 0.375. The Morgan fingerprint density at radius 2 is 1.64 bits per heavy atom. The van der Waals surface area contributed by atoms with Gasteiger partial charge in [-0.1, -0.05) is 11.6 Å². The summed E-state index contributed by atoms with van der Waals surface area (Å²) in [6.07, 6.45) is -0.110. The van der Waals surface area contributed by atoms with E-state index in [1.807, 2.05) is 0 Å². The largest absolute Gasteiger partial charge is 0.513 e. The van der Waals surface area contributed by atoms with Gasteiger partial charge >= 0.3 is 6.16 Å². The number of nitrogens with zero attached hydrogens (tertiary/aromatic N) is 1. The van der Waals surface area contributed by atoms with E-state index < -0.39 is 12.3 Å². The normalized spacial score (nSPS) is 14.8. The van der Waals surface area contributed by atoms with Gasteiger partial charge in [0, 0.05) is 29.7 Å².